The topological polar surface area (TPSA) is 73.1 Å². The predicted octanol–water partition coefficient (Wildman–Crippen LogP) is 4.78. The van der Waals surface area contributed by atoms with Crippen LogP contribution in [0.4, 0.5) is 5.69 Å². The van der Waals surface area contributed by atoms with Crippen LogP contribution in [0.3, 0.4) is 0 Å². The van der Waals surface area contributed by atoms with E-state index in [2.05, 4.69) is 49.7 Å². The minimum Gasteiger partial charge on any atom is -0.496 e. The highest BCUT2D eigenvalue weighted by Crippen LogP contribution is 2.32. The number of anilines is 1. The first-order chi connectivity index (χ1) is 18.7. The molecule has 2 aromatic carbocycles. The van der Waals surface area contributed by atoms with Crippen molar-refractivity contribution in [3.05, 3.63) is 90.1 Å². The van der Waals surface area contributed by atoms with E-state index in [0.29, 0.717) is 32.3 Å². The summed E-state index contributed by atoms with van der Waals surface area (Å²) in [6.45, 7) is 14.1. The number of fused-ring (bicyclic) bond motifs is 1. The second kappa shape index (κ2) is 12.0. The van der Waals surface area contributed by atoms with E-state index < -0.39 is 12.0 Å². The quantitative estimate of drug-likeness (QED) is 0.361. The summed E-state index contributed by atoms with van der Waals surface area (Å²) in [6.07, 6.45) is 1.84. The Bertz CT molecular complexity index is 1560. The fourth-order valence-electron chi connectivity index (χ4n) is 4.92. The van der Waals surface area contributed by atoms with E-state index >= 15 is 0 Å². The van der Waals surface area contributed by atoms with Gasteiger partial charge in [0.2, 0.25) is 0 Å². The van der Waals surface area contributed by atoms with Crippen LogP contribution in [0.2, 0.25) is 0 Å². The Hall–Kier alpha value is -3.65. The number of carbonyl (C=O) groups is 1. The summed E-state index contributed by atoms with van der Waals surface area (Å²) in [7, 11) is 1.63. The maximum absolute atomic E-state index is 13.9. The zero-order valence-corrected chi connectivity index (χ0v) is 24.6. The number of carbonyl (C=O) groups excluding carboxylic acids is 1. The maximum atomic E-state index is 13.9. The van der Waals surface area contributed by atoms with Crippen molar-refractivity contribution in [2.45, 2.75) is 53.5 Å². The molecule has 4 rings (SSSR count). The molecule has 3 aromatic rings. The average molecular weight is 548 g/mol. The van der Waals surface area contributed by atoms with Gasteiger partial charge in [-0.05, 0) is 62.9 Å². The molecule has 0 saturated carbocycles. The lowest BCUT2D eigenvalue weighted by molar-refractivity contribution is -0.139. The van der Waals surface area contributed by atoms with Gasteiger partial charge >= 0.3 is 5.97 Å². The van der Waals surface area contributed by atoms with Crippen molar-refractivity contribution in [1.82, 2.24) is 4.57 Å². The van der Waals surface area contributed by atoms with Gasteiger partial charge in [-0.25, -0.2) is 9.79 Å². The number of aromatic nitrogens is 1. The van der Waals surface area contributed by atoms with Crippen LogP contribution in [-0.4, -0.2) is 37.3 Å². The Morgan fingerprint density at radius 2 is 1.82 bits per heavy atom. The lowest BCUT2D eigenvalue weighted by atomic mass is 9.93. The zero-order chi connectivity index (χ0) is 28.3. The first-order valence-electron chi connectivity index (χ1n) is 13.5. The molecular weight excluding hydrogens is 510 g/mol. The molecule has 0 N–H and O–H groups in total. The third-order valence-electron chi connectivity index (χ3n) is 7.07. The fraction of sp³-hybridized carbons (Fsp3) is 0.387. The van der Waals surface area contributed by atoms with Gasteiger partial charge in [0.05, 0.1) is 35.6 Å². The number of hydrogen-bond donors (Lipinski definition) is 0. The number of rotatable bonds is 9. The third kappa shape index (κ3) is 5.57. The van der Waals surface area contributed by atoms with Gasteiger partial charge < -0.3 is 14.4 Å². The van der Waals surface area contributed by atoms with Crippen LogP contribution >= 0.6 is 11.3 Å². The number of hydrogen-bond acceptors (Lipinski definition) is 7. The third-order valence-corrected chi connectivity index (χ3v) is 8.05. The number of thiazole rings is 1. The molecule has 0 amide bonds. The van der Waals surface area contributed by atoms with Crippen LogP contribution < -0.4 is 24.5 Å². The Morgan fingerprint density at radius 3 is 2.41 bits per heavy atom. The van der Waals surface area contributed by atoms with Gasteiger partial charge in [0.1, 0.15) is 5.75 Å². The lowest BCUT2D eigenvalue weighted by Crippen LogP contribution is -2.39. The molecule has 0 aliphatic carbocycles. The minimum atomic E-state index is -0.629. The molecule has 0 radical (unpaired) electrons. The first kappa shape index (κ1) is 28.4. The normalized spacial score (nSPS) is 15.3. The minimum absolute atomic E-state index is 0.208. The van der Waals surface area contributed by atoms with Crippen molar-refractivity contribution in [1.29, 1.82) is 0 Å². The van der Waals surface area contributed by atoms with Gasteiger partial charge in [-0.1, -0.05) is 49.4 Å². The molecule has 39 heavy (non-hydrogen) atoms. The van der Waals surface area contributed by atoms with Crippen LogP contribution in [-0.2, 0) is 9.53 Å². The number of methoxy groups -OCH3 is 1. The molecular formula is C31H37N3O4S. The van der Waals surface area contributed by atoms with E-state index in [1.807, 2.05) is 36.4 Å². The van der Waals surface area contributed by atoms with E-state index in [-0.39, 0.29) is 12.2 Å². The second-order valence-electron chi connectivity index (χ2n) is 9.72. The smallest absolute Gasteiger partial charge is 0.338 e. The molecule has 2 heterocycles. The molecule has 0 fully saturated rings. The maximum Gasteiger partial charge on any atom is 0.338 e. The van der Waals surface area contributed by atoms with E-state index in [4.69, 9.17) is 9.47 Å². The van der Waals surface area contributed by atoms with Gasteiger partial charge in [-0.3, -0.25) is 9.36 Å². The summed E-state index contributed by atoms with van der Waals surface area (Å²) in [6, 6.07) is 13.5. The molecule has 8 heteroatoms. The molecule has 1 aliphatic rings. The van der Waals surface area contributed by atoms with Crippen molar-refractivity contribution in [3.8, 4) is 5.75 Å². The van der Waals surface area contributed by atoms with Gasteiger partial charge in [0, 0.05) is 30.4 Å². The van der Waals surface area contributed by atoms with Crippen LogP contribution in [0.25, 0.3) is 6.08 Å². The molecule has 0 saturated heterocycles. The molecule has 1 aromatic heterocycles. The van der Waals surface area contributed by atoms with Crippen LogP contribution in [0.15, 0.2) is 63.5 Å². The Kier molecular flexibility index (Phi) is 8.75. The summed E-state index contributed by atoms with van der Waals surface area (Å²) in [4.78, 5) is 34.5. The van der Waals surface area contributed by atoms with Crippen molar-refractivity contribution >= 4 is 29.1 Å². The number of ether oxygens (including phenoxy) is 2. The van der Waals surface area contributed by atoms with Crippen LogP contribution in [0.5, 0.6) is 5.75 Å². The Balaban J connectivity index is 1.89. The van der Waals surface area contributed by atoms with Crippen molar-refractivity contribution < 1.29 is 14.3 Å². The SMILES string of the molecule is CCOC(=O)C1=C(C)N=c2s/c(=C/c3ccc(N(CC)CC)cc3OC)c(=O)n2C1c1ccc(C(C)C)cc1. The van der Waals surface area contributed by atoms with Gasteiger partial charge in [-0.2, -0.15) is 0 Å². The number of nitrogens with zero attached hydrogens (tertiary/aromatic N) is 3. The summed E-state index contributed by atoms with van der Waals surface area (Å²) >= 11 is 1.31. The summed E-state index contributed by atoms with van der Waals surface area (Å²) in [5.74, 6) is 0.597. The highest BCUT2D eigenvalue weighted by atomic mass is 32.1. The van der Waals surface area contributed by atoms with Crippen LogP contribution in [0.1, 0.15) is 70.2 Å². The van der Waals surface area contributed by atoms with E-state index in [1.165, 1.54) is 16.9 Å². The van der Waals surface area contributed by atoms with Crippen molar-refractivity contribution in [2.75, 3.05) is 31.7 Å². The Labute approximate surface area is 233 Å². The molecule has 1 unspecified atom stereocenters. The van der Waals surface area contributed by atoms with Crippen LogP contribution in [0, 0.1) is 0 Å². The highest BCUT2D eigenvalue weighted by molar-refractivity contribution is 7.07. The zero-order valence-electron chi connectivity index (χ0n) is 23.8. The van der Waals surface area contributed by atoms with E-state index in [0.717, 1.165) is 29.9 Å². The van der Waals surface area contributed by atoms with E-state index in [9.17, 15) is 9.59 Å². The molecule has 7 nitrogen and oxygen atoms in total. The van der Waals surface area contributed by atoms with E-state index in [1.54, 1.807) is 25.5 Å². The average Bonchev–Trinajstić information content (AvgIpc) is 3.23. The monoisotopic (exact) mass is 547 g/mol. The highest BCUT2D eigenvalue weighted by Gasteiger charge is 2.33. The van der Waals surface area contributed by atoms with Crippen molar-refractivity contribution in [3.63, 3.8) is 0 Å². The standard InChI is InChI=1S/C31H37N3O4S/c1-8-33(9-2)24-16-15-23(25(18-24)37-7)17-26-29(35)34-28(22-13-11-21(12-14-22)19(4)5)27(30(36)38-10-3)20(6)32-31(34)39-26/h11-19,28H,8-10H2,1-7H3/b26-17+. The Morgan fingerprint density at radius 1 is 1.13 bits per heavy atom. The summed E-state index contributed by atoms with van der Waals surface area (Å²) in [5, 5.41) is 0. The summed E-state index contributed by atoms with van der Waals surface area (Å²) in [5.41, 5.74) is 4.62. The fourth-order valence-corrected chi connectivity index (χ4v) is 5.95. The molecule has 206 valence electrons. The van der Waals surface area contributed by atoms with Gasteiger partial charge in [0.25, 0.3) is 5.56 Å². The first-order valence-corrected chi connectivity index (χ1v) is 14.3. The number of esters is 1. The summed E-state index contributed by atoms with van der Waals surface area (Å²) < 4.78 is 13.2. The molecule has 0 spiro atoms. The predicted molar refractivity (Wildman–Crippen MR) is 157 cm³/mol. The number of allylic oxidation sites excluding steroid dienone is 1. The number of benzene rings is 2. The van der Waals surface area contributed by atoms with Gasteiger partial charge in [0.15, 0.2) is 4.80 Å². The lowest BCUT2D eigenvalue weighted by Gasteiger charge is -2.25. The molecule has 1 aliphatic heterocycles. The largest absolute Gasteiger partial charge is 0.496 e. The second-order valence-corrected chi connectivity index (χ2v) is 10.7. The van der Waals surface area contributed by atoms with Crippen molar-refractivity contribution in [2.24, 2.45) is 4.99 Å². The van der Waals surface area contributed by atoms with Gasteiger partial charge in [-0.15, -0.1) is 0 Å². The molecule has 1 atom stereocenters. The molecule has 0 bridgehead atoms.